The van der Waals surface area contributed by atoms with Crippen molar-refractivity contribution in [2.24, 2.45) is 0 Å². The molecule has 1 amide bonds. The Bertz CT molecular complexity index is 433. The molecule has 0 spiro atoms. The SMILES string of the molecule is Cc1cc(C(=O)Nc2ccsc2)on1. The number of rotatable bonds is 2. The molecule has 1 N–H and O–H groups in total. The maximum absolute atomic E-state index is 11.5. The van der Waals surface area contributed by atoms with Gasteiger partial charge in [0.25, 0.3) is 5.91 Å². The first kappa shape index (κ1) is 8.96. The van der Waals surface area contributed by atoms with Crippen molar-refractivity contribution in [3.05, 3.63) is 34.3 Å². The number of aromatic nitrogens is 1. The van der Waals surface area contributed by atoms with E-state index in [1.807, 2.05) is 16.8 Å². The quantitative estimate of drug-likeness (QED) is 0.823. The lowest BCUT2D eigenvalue weighted by Gasteiger charge is -1.96. The summed E-state index contributed by atoms with van der Waals surface area (Å²) >= 11 is 1.52. The first-order valence-electron chi connectivity index (χ1n) is 4.02. The van der Waals surface area contributed by atoms with Crippen LogP contribution in [0, 0.1) is 6.92 Å². The summed E-state index contributed by atoms with van der Waals surface area (Å²) in [6.45, 7) is 1.77. The molecule has 0 aliphatic rings. The third-order valence-electron chi connectivity index (χ3n) is 1.63. The minimum absolute atomic E-state index is 0.230. The molecular formula is C9H8N2O2S. The van der Waals surface area contributed by atoms with E-state index < -0.39 is 0 Å². The number of nitrogens with zero attached hydrogens (tertiary/aromatic N) is 1. The number of amides is 1. The highest BCUT2D eigenvalue weighted by Gasteiger charge is 2.11. The fraction of sp³-hybridized carbons (Fsp3) is 0.111. The lowest BCUT2D eigenvalue weighted by Crippen LogP contribution is -2.09. The number of hydrogen-bond donors (Lipinski definition) is 1. The Labute approximate surface area is 84.5 Å². The fourth-order valence-corrected chi connectivity index (χ4v) is 1.59. The molecule has 2 aromatic rings. The van der Waals surface area contributed by atoms with E-state index in [1.165, 1.54) is 11.3 Å². The maximum Gasteiger partial charge on any atom is 0.294 e. The third kappa shape index (κ3) is 1.82. The van der Waals surface area contributed by atoms with Gasteiger partial charge in [0.05, 0.1) is 11.4 Å². The second-order valence-corrected chi connectivity index (χ2v) is 3.58. The minimum atomic E-state index is -0.274. The molecule has 72 valence electrons. The molecule has 2 rings (SSSR count). The van der Waals surface area contributed by atoms with Gasteiger partial charge in [0, 0.05) is 11.4 Å². The molecule has 0 aromatic carbocycles. The van der Waals surface area contributed by atoms with Crippen molar-refractivity contribution in [1.29, 1.82) is 0 Å². The molecule has 0 fully saturated rings. The van der Waals surface area contributed by atoms with Gasteiger partial charge in [-0.3, -0.25) is 4.79 Å². The Kier molecular flexibility index (Phi) is 2.32. The van der Waals surface area contributed by atoms with Crippen molar-refractivity contribution >= 4 is 22.9 Å². The number of carbonyl (C=O) groups excluding carboxylic acids is 1. The van der Waals surface area contributed by atoms with Gasteiger partial charge in [0.1, 0.15) is 0 Å². The lowest BCUT2D eigenvalue weighted by molar-refractivity contribution is 0.0988. The summed E-state index contributed by atoms with van der Waals surface area (Å²) in [4.78, 5) is 11.5. The standard InChI is InChI=1S/C9H8N2O2S/c1-6-4-8(13-11-6)9(12)10-7-2-3-14-5-7/h2-5H,1H3,(H,10,12). The Morgan fingerprint density at radius 3 is 3.07 bits per heavy atom. The van der Waals surface area contributed by atoms with E-state index >= 15 is 0 Å². The normalized spacial score (nSPS) is 10.1. The summed E-state index contributed by atoms with van der Waals surface area (Å²) in [6.07, 6.45) is 0. The van der Waals surface area contributed by atoms with E-state index in [2.05, 4.69) is 10.5 Å². The molecule has 0 radical (unpaired) electrons. The first-order chi connectivity index (χ1) is 6.75. The molecule has 4 nitrogen and oxygen atoms in total. The van der Waals surface area contributed by atoms with E-state index in [0.29, 0.717) is 5.69 Å². The van der Waals surface area contributed by atoms with Gasteiger partial charge in [-0.2, -0.15) is 11.3 Å². The van der Waals surface area contributed by atoms with Crippen molar-refractivity contribution < 1.29 is 9.32 Å². The fourth-order valence-electron chi connectivity index (χ4n) is 0.999. The van der Waals surface area contributed by atoms with Crippen LogP contribution < -0.4 is 5.32 Å². The maximum atomic E-state index is 11.5. The number of anilines is 1. The molecule has 0 bridgehead atoms. The zero-order chi connectivity index (χ0) is 9.97. The zero-order valence-electron chi connectivity index (χ0n) is 7.48. The van der Waals surface area contributed by atoms with E-state index in [-0.39, 0.29) is 11.7 Å². The van der Waals surface area contributed by atoms with Gasteiger partial charge in [-0.1, -0.05) is 5.16 Å². The largest absolute Gasteiger partial charge is 0.351 e. The monoisotopic (exact) mass is 208 g/mol. The molecular weight excluding hydrogens is 200 g/mol. The third-order valence-corrected chi connectivity index (χ3v) is 2.31. The van der Waals surface area contributed by atoms with Crippen molar-refractivity contribution in [3.63, 3.8) is 0 Å². The van der Waals surface area contributed by atoms with Gasteiger partial charge in [-0.25, -0.2) is 0 Å². The number of thiophene rings is 1. The zero-order valence-corrected chi connectivity index (χ0v) is 8.30. The van der Waals surface area contributed by atoms with E-state index in [1.54, 1.807) is 13.0 Å². The average molecular weight is 208 g/mol. The summed E-state index contributed by atoms with van der Waals surface area (Å²) in [5.41, 5.74) is 1.47. The molecule has 2 heterocycles. The van der Waals surface area contributed by atoms with Gasteiger partial charge < -0.3 is 9.84 Å². The van der Waals surface area contributed by atoms with E-state index in [4.69, 9.17) is 4.52 Å². The topological polar surface area (TPSA) is 55.1 Å². The van der Waals surface area contributed by atoms with Crippen LogP contribution in [0.2, 0.25) is 0 Å². The predicted octanol–water partition coefficient (Wildman–Crippen LogP) is 2.30. The van der Waals surface area contributed by atoms with Crippen LogP contribution in [0.5, 0.6) is 0 Å². The number of hydrogen-bond acceptors (Lipinski definition) is 4. The number of carbonyl (C=O) groups is 1. The van der Waals surface area contributed by atoms with Crippen molar-refractivity contribution in [1.82, 2.24) is 5.16 Å². The van der Waals surface area contributed by atoms with E-state index in [9.17, 15) is 4.79 Å². The van der Waals surface area contributed by atoms with Crippen LogP contribution in [0.15, 0.2) is 27.4 Å². The van der Waals surface area contributed by atoms with Crippen LogP contribution in [-0.4, -0.2) is 11.1 Å². The number of nitrogens with one attached hydrogen (secondary N) is 1. The average Bonchev–Trinajstić information content (AvgIpc) is 2.75. The van der Waals surface area contributed by atoms with Gasteiger partial charge in [0.15, 0.2) is 0 Å². The molecule has 0 atom stereocenters. The summed E-state index contributed by atoms with van der Waals surface area (Å²) in [7, 11) is 0. The van der Waals surface area contributed by atoms with Crippen LogP contribution in [0.3, 0.4) is 0 Å². The van der Waals surface area contributed by atoms with E-state index in [0.717, 1.165) is 5.69 Å². The highest BCUT2D eigenvalue weighted by Crippen LogP contribution is 2.13. The van der Waals surface area contributed by atoms with Gasteiger partial charge in [-0.15, -0.1) is 0 Å². The van der Waals surface area contributed by atoms with Crippen LogP contribution in [0.1, 0.15) is 16.2 Å². The second-order valence-electron chi connectivity index (χ2n) is 2.80. The van der Waals surface area contributed by atoms with Crippen molar-refractivity contribution in [2.45, 2.75) is 6.92 Å². The molecule has 0 saturated heterocycles. The molecule has 5 heteroatoms. The van der Waals surface area contributed by atoms with Crippen LogP contribution in [0.4, 0.5) is 5.69 Å². The first-order valence-corrected chi connectivity index (χ1v) is 4.97. The molecule has 0 unspecified atom stereocenters. The molecule has 0 saturated carbocycles. The smallest absolute Gasteiger partial charge is 0.294 e. The molecule has 0 aliphatic heterocycles. The number of aryl methyl sites for hydroxylation is 1. The summed E-state index contributed by atoms with van der Waals surface area (Å²) in [5.74, 6) is -0.0438. The van der Waals surface area contributed by atoms with Crippen molar-refractivity contribution in [2.75, 3.05) is 5.32 Å². The molecule has 14 heavy (non-hydrogen) atoms. The lowest BCUT2D eigenvalue weighted by atomic mass is 10.3. The highest BCUT2D eigenvalue weighted by atomic mass is 32.1. The minimum Gasteiger partial charge on any atom is -0.351 e. The van der Waals surface area contributed by atoms with Crippen LogP contribution in [0.25, 0.3) is 0 Å². The highest BCUT2D eigenvalue weighted by molar-refractivity contribution is 7.08. The van der Waals surface area contributed by atoms with Gasteiger partial charge in [0.2, 0.25) is 5.76 Å². The Morgan fingerprint density at radius 1 is 1.64 bits per heavy atom. The second kappa shape index (κ2) is 3.63. The van der Waals surface area contributed by atoms with Gasteiger partial charge in [-0.05, 0) is 18.4 Å². The summed E-state index contributed by atoms with van der Waals surface area (Å²) in [5, 5.41) is 10.1. The Balaban J connectivity index is 2.10. The van der Waals surface area contributed by atoms with Gasteiger partial charge >= 0.3 is 0 Å². The predicted molar refractivity (Wildman–Crippen MR) is 53.5 cm³/mol. The Morgan fingerprint density at radius 2 is 2.50 bits per heavy atom. The summed E-state index contributed by atoms with van der Waals surface area (Å²) in [6, 6.07) is 3.42. The van der Waals surface area contributed by atoms with Crippen molar-refractivity contribution in [3.8, 4) is 0 Å². The molecule has 0 aliphatic carbocycles. The Hall–Kier alpha value is -1.62. The van der Waals surface area contributed by atoms with Crippen LogP contribution >= 0.6 is 11.3 Å². The van der Waals surface area contributed by atoms with Crippen LogP contribution in [-0.2, 0) is 0 Å². The summed E-state index contributed by atoms with van der Waals surface area (Å²) < 4.78 is 4.82. The molecule has 2 aromatic heterocycles.